The number of aliphatic hydroxyl groups excluding tert-OH is 2. The monoisotopic (exact) mass is 1500 g/mol. The van der Waals surface area contributed by atoms with Gasteiger partial charge < -0.3 is 75.8 Å². The Morgan fingerprint density at radius 3 is 1.51 bits per heavy atom. The van der Waals surface area contributed by atoms with Crippen LogP contribution in [0, 0.1) is 29.6 Å². The van der Waals surface area contributed by atoms with E-state index >= 15 is 33.6 Å². The number of unbranched alkanes of at least 4 members (excludes halogenated alkanes) is 1. The standard InChI is InChI=1S/C76H119F3N12O15/c1-18-19-33-91-42-62(95)85(13)56(37-46(4)5)66(96)82-55(43-106-44-60(93)76(77,78)79)71(101)88(16)59(40-52-31-25-21-26-32-52)73(103)89(17)65(49(10)11)69(99)81-54(72(102)90-34-27-22-28-35-90)41-61(94)83-63(48(8)9)74(104)87(15)58(39-51-29-23-20-24-30-51)67(97)80-53(36-45(2)3)70(100)86(14)57(38-47(6)7)68(98)84-64(50(12)92)75(91)105/h20-21,23-26,29-32,45-50,53-60,63-65,92-93H,18-19,22,27-28,33-44H2,1-17H3,(H,80,97)(H,81,99)(H,82,96)(H,83,94)(H,84,98)/t50-,53+,54+,55+,56+,57+,58+,59+,60?,63-,64+,65+/m1/s1. The molecular formula is C76H119F3N12O15. The molecule has 0 radical (unpaired) electrons. The SMILES string of the molecule is CCCCN1CC(=O)N(C)[C@@H](CC(C)C)C(=O)N[C@@H](COCC(O)C(F)(F)F)C(=O)N(C)[C@@H](Cc2ccccc2)C(=O)N(C)[C@@H](C(C)C)C(=O)N[C@H](C(=O)N2CCCCC2)CC(=O)N[C@H](C(C)C)C(=O)N(C)[C@@H](Cc2ccccc2)C(=O)N[C@@H](CC(C)C)C(=O)N(C)[C@@H](CC(C)C)C(=O)N[C@@H]([C@@H](C)O)C1=O. The molecule has 30 heteroatoms. The highest BCUT2D eigenvalue weighted by Crippen LogP contribution is 2.25. The molecule has 4 rings (SSSR count). The molecule has 2 aromatic carbocycles. The van der Waals surface area contributed by atoms with Crippen LogP contribution in [0.2, 0.25) is 0 Å². The number of rotatable bonds is 21. The molecule has 12 amide bonds. The number of benzene rings is 2. The van der Waals surface area contributed by atoms with Gasteiger partial charge in [0.1, 0.15) is 60.4 Å². The Morgan fingerprint density at radius 1 is 0.528 bits per heavy atom. The first-order valence-corrected chi connectivity index (χ1v) is 37.1. The molecule has 27 nitrogen and oxygen atoms in total. The third kappa shape index (κ3) is 26.6. The number of likely N-dealkylation sites (tertiary alicyclic amines) is 1. The molecule has 0 spiro atoms. The predicted molar refractivity (Wildman–Crippen MR) is 392 cm³/mol. The second kappa shape index (κ2) is 42.3. The van der Waals surface area contributed by atoms with E-state index in [1.807, 2.05) is 20.8 Å². The first kappa shape index (κ1) is 90.1. The van der Waals surface area contributed by atoms with Gasteiger partial charge >= 0.3 is 6.18 Å². The van der Waals surface area contributed by atoms with E-state index in [0.717, 1.165) is 30.9 Å². The van der Waals surface area contributed by atoms with E-state index in [9.17, 15) is 47.4 Å². The number of piperidine rings is 1. The molecule has 594 valence electrons. The summed E-state index contributed by atoms with van der Waals surface area (Å²) in [5.41, 5.74) is 1.10. The van der Waals surface area contributed by atoms with E-state index in [4.69, 9.17) is 4.74 Å². The Hall–Kier alpha value is -8.25. The van der Waals surface area contributed by atoms with Crippen molar-refractivity contribution in [1.29, 1.82) is 0 Å². The highest BCUT2D eigenvalue weighted by atomic mass is 19.4. The van der Waals surface area contributed by atoms with Crippen molar-refractivity contribution in [3.8, 4) is 0 Å². The van der Waals surface area contributed by atoms with Crippen LogP contribution in [0.25, 0.3) is 0 Å². The van der Waals surface area contributed by atoms with E-state index in [1.54, 1.807) is 116 Å². The zero-order valence-corrected chi connectivity index (χ0v) is 65.1. The van der Waals surface area contributed by atoms with Gasteiger partial charge in [-0.15, -0.1) is 0 Å². The second-order valence-corrected chi connectivity index (χ2v) is 30.3. The highest BCUT2D eigenvalue weighted by Gasteiger charge is 2.45. The lowest BCUT2D eigenvalue weighted by Crippen LogP contribution is -2.62. The minimum absolute atomic E-state index is 0.00155. The number of hydrogen-bond donors (Lipinski definition) is 7. The minimum Gasteiger partial charge on any atom is -0.391 e. The summed E-state index contributed by atoms with van der Waals surface area (Å²) in [7, 11) is 6.49. The number of ether oxygens (including phenoxy) is 1. The minimum atomic E-state index is -5.18. The maximum absolute atomic E-state index is 15.5. The Labute approximate surface area is 623 Å². The topological polar surface area (TPSA) is 337 Å². The van der Waals surface area contributed by atoms with Crippen LogP contribution in [0.4, 0.5) is 13.2 Å². The average molecular weight is 1500 g/mol. The van der Waals surface area contributed by atoms with Crippen molar-refractivity contribution in [2.75, 3.05) is 74.6 Å². The number of nitrogens with one attached hydrogen (secondary N) is 5. The molecule has 2 aromatic rings. The van der Waals surface area contributed by atoms with Crippen LogP contribution in [0.15, 0.2) is 60.7 Å². The van der Waals surface area contributed by atoms with Crippen LogP contribution in [-0.4, -0.2) is 269 Å². The first-order chi connectivity index (χ1) is 49.6. The van der Waals surface area contributed by atoms with Crippen LogP contribution in [0.1, 0.15) is 152 Å². The molecule has 2 heterocycles. The first-order valence-electron chi connectivity index (χ1n) is 37.1. The van der Waals surface area contributed by atoms with Crippen molar-refractivity contribution in [2.45, 2.75) is 233 Å². The molecule has 0 bridgehead atoms. The lowest BCUT2D eigenvalue weighted by atomic mass is 9.96. The second-order valence-electron chi connectivity index (χ2n) is 30.3. The molecule has 0 saturated carbocycles. The summed E-state index contributed by atoms with van der Waals surface area (Å²) in [5, 5.41) is 35.1. The Morgan fingerprint density at radius 2 is 1.01 bits per heavy atom. The number of hydrogen-bond acceptors (Lipinski definition) is 15. The normalized spacial score (nSPS) is 24.7. The lowest BCUT2D eigenvalue weighted by Gasteiger charge is -2.38. The Bertz CT molecular complexity index is 3250. The molecule has 2 fully saturated rings. The Kier molecular flexibility index (Phi) is 36.0. The molecule has 2 aliphatic rings. The molecule has 0 aliphatic carbocycles. The van der Waals surface area contributed by atoms with E-state index in [1.165, 1.54) is 52.0 Å². The maximum Gasteiger partial charge on any atom is 0.416 e. The van der Waals surface area contributed by atoms with Gasteiger partial charge in [-0.1, -0.05) is 143 Å². The third-order valence-electron chi connectivity index (χ3n) is 19.4. The van der Waals surface area contributed by atoms with Crippen LogP contribution in [0.5, 0.6) is 0 Å². The molecule has 2 aliphatic heterocycles. The van der Waals surface area contributed by atoms with Gasteiger partial charge in [0, 0.05) is 67.7 Å². The number of alkyl halides is 3. The number of likely N-dealkylation sites (N-methyl/N-ethyl adjacent to an activating group) is 5. The summed E-state index contributed by atoms with van der Waals surface area (Å²) in [6, 6.07) is 1.82. The van der Waals surface area contributed by atoms with Gasteiger partial charge in [0.05, 0.1) is 32.3 Å². The van der Waals surface area contributed by atoms with Crippen molar-refractivity contribution in [3.63, 3.8) is 0 Å². The van der Waals surface area contributed by atoms with Crippen molar-refractivity contribution in [2.24, 2.45) is 29.6 Å². The van der Waals surface area contributed by atoms with Gasteiger partial charge in [0.25, 0.3) is 0 Å². The van der Waals surface area contributed by atoms with Crippen LogP contribution in [-0.2, 0) is 75.1 Å². The number of nitrogens with zero attached hydrogens (tertiary/aromatic N) is 7. The number of carbonyl (C=O) groups excluding carboxylic acids is 12. The van der Waals surface area contributed by atoms with Crippen molar-refractivity contribution >= 4 is 70.9 Å². The van der Waals surface area contributed by atoms with Crippen molar-refractivity contribution in [3.05, 3.63) is 71.8 Å². The number of halogens is 3. The molecule has 106 heavy (non-hydrogen) atoms. The average Bonchev–Trinajstić information content (AvgIpc) is 0.814. The van der Waals surface area contributed by atoms with Crippen molar-refractivity contribution < 1.29 is 85.7 Å². The molecule has 1 unspecified atom stereocenters. The Balaban J connectivity index is 2.03. The highest BCUT2D eigenvalue weighted by molar-refractivity contribution is 6.00. The van der Waals surface area contributed by atoms with E-state index in [2.05, 4.69) is 26.6 Å². The number of aliphatic hydroxyl groups is 2. The summed E-state index contributed by atoms with van der Waals surface area (Å²) in [5.74, 6) is -12.7. The fourth-order valence-electron chi connectivity index (χ4n) is 13.1. The maximum atomic E-state index is 15.5. The van der Waals surface area contributed by atoms with Gasteiger partial charge in [-0.05, 0) is 92.6 Å². The fraction of sp³-hybridized carbons (Fsp3) is 0.684. The fourth-order valence-corrected chi connectivity index (χ4v) is 13.1. The lowest BCUT2D eigenvalue weighted by molar-refractivity contribution is -0.217. The predicted octanol–water partition coefficient (Wildman–Crippen LogP) is 3.85. The summed E-state index contributed by atoms with van der Waals surface area (Å²) >= 11 is 0. The van der Waals surface area contributed by atoms with Gasteiger partial charge in [-0.2, -0.15) is 13.2 Å². The van der Waals surface area contributed by atoms with Crippen LogP contribution in [0.3, 0.4) is 0 Å². The van der Waals surface area contributed by atoms with Gasteiger partial charge in [-0.25, -0.2) is 0 Å². The summed E-state index contributed by atoms with van der Waals surface area (Å²) in [6.07, 6.45) is -8.20. The van der Waals surface area contributed by atoms with Crippen LogP contribution >= 0.6 is 0 Å². The van der Waals surface area contributed by atoms with Gasteiger partial charge in [-0.3, -0.25) is 57.5 Å². The summed E-state index contributed by atoms with van der Waals surface area (Å²) < 4.78 is 46.7. The smallest absolute Gasteiger partial charge is 0.391 e. The van der Waals surface area contributed by atoms with Gasteiger partial charge in [0.2, 0.25) is 70.9 Å². The largest absolute Gasteiger partial charge is 0.416 e. The molecule has 2 saturated heterocycles. The number of carbonyl (C=O) groups is 12. The van der Waals surface area contributed by atoms with Crippen LogP contribution < -0.4 is 26.6 Å². The van der Waals surface area contributed by atoms with Gasteiger partial charge in [0.15, 0.2) is 6.10 Å². The molecule has 0 aromatic heterocycles. The van der Waals surface area contributed by atoms with E-state index in [0.29, 0.717) is 36.8 Å². The zero-order valence-electron chi connectivity index (χ0n) is 65.1. The third-order valence-corrected chi connectivity index (χ3v) is 19.4. The van der Waals surface area contributed by atoms with Crippen molar-refractivity contribution in [1.82, 2.24) is 60.9 Å². The summed E-state index contributed by atoms with van der Waals surface area (Å²) in [6.45, 7) is 17.5. The molecule has 12 atom stereocenters. The number of amides is 12. The molecule has 7 N–H and O–H groups in total. The zero-order chi connectivity index (χ0) is 79.8. The quantitative estimate of drug-likeness (QED) is 0.0934. The van der Waals surface area contributed by atoms with E-state index < -0.39 is 188 Å². The van der Waals surface area contributed by atoms with E-state index in [-0.39, 0.29) is 69.5 Å². The molecular weight excluding hydrogens is 1380 g/mol. The summed E-state index contributed by atoms with van der Waals surface area (Å²) in [4.78, 5) is 189.